The van der Waals surface area contributed by atoms with Gasteiger partial charge < -0.3 is 11.1 Å². The number of anilines is 2. The fraction of sp³-hybridized carbons (Fsp3) is 0. The Morgan fingerprint density at radius 2 is 2.04 bits per heavy atom. The minimum absolute atomic E-state index is 0.447. The van der Waals surface area contributed by atoms with E-state index >= 15 is 0 Å². The molecule has 25 heavy (non-hydrogen) atoms. The van der Waals surface area contributed by atoms with Gasteiger partial charge in [-0.25, -0.2) is 9.97 Å². The summed E-state index contributed by atoms with van der Waals surface area (Å²) in [6.45, 7) is 0. The van der Waals surface area contributed by atoms with Crippen LogP contribution in [-0.4, -0.2) is 30.5 Å². The van der Waals surface area contributed by atoms with Crippen LogP contribution in [0.2, 0.25) is 0 Å². The molecule has 3 heterocycles. The lowest BCUT2D eigenvalue weighted by Crippen LogP contribution is -2.10. The molecule has 1 amide bonds. The van der Waals surface area contributed by atoms with Crippen LogP contribution in [0.25, 0.3) is 16.9 Å². The van der Waals surface area contributed by atoms with Gasteiger partial charge in [0, 0.05) is 29.2 Å². The van der Waals surface area contributed by atoms with Gasteiger partial charge >= 0.3 is 0 Å². The van der Waals surface area contributed by atoms with E-state index < -0.39 is 5.91 Å². The summed E-state index contributed by atoms with van der Waals surface area (Å²) >= 11 is 3.40. The van der Waals surface area contributed by atoms with Crippen LogP contribution in [0.3, 0.4) is 0 Å². The van der Waals surface area contributed by atoms with Crippen molar-refractivity contribution in [3.8, 4) is 11.3 Å². The molecule has 124 valence electrons. The number of hydrogen-bond acceptors (Lipinski definition) is 5. The fourth-order valence-corrected chi connectivity index (χ4v) is 2.87. The van der Waals surface area contributed by atoms with Gasteiger partial charge in [-0.2, -0.15) is 5.10 Å². The molecule has 0 aliphatic rings. The summed E-state index contributed by atoms with van der Waals surface area (Å²) in [6.07, 6.45) is 7.12. The van der Waals surface area contributed by atoms with E-state index in [4.69, 9.17) is 5.73 Å². The molecule has 0 saturated carbocycles. The summed E-state index contributed by atoms with van der Waals surface area (Å²) < 4.78 is 2.61. The van der Waals surface area contributed by atoms with E-state index in [2.05, 4.69) is 41.4 Å². The molecule has 4 N–H and O–H groups in total. The third-order valence-electron chi connectivity index (χ3n) is 3.69. The zero-order valence-electron chi connectivity index (χ0n) is 12.8. The van der Waals surface area contributed by atoms with Crippen LogP contribution in [0.1, 0.15) is 10.4 Å². The molecule has 0 aliphatic carbocycles. The molecular weight excluding hydrogens is 386 g/mol. The number of primary amides is 1. The van der Waals surface area contributed by atoms with Crippen LogP contribution in [-0.2, 0) is 0 Å². The monoisotopic (exact) mass is 397 g/mol. The molecule has 0 unspecified atom stereocenters. The SMILES string of the molecule is NC(=O)c1ccc(Nc2ncc(-c3cn[nH]c3)n3cc(Br)nc23)cc1. The van der Waals surface area contributed by atoms with Gasteiger partial charge in [-0.05, 0) is 40.2 Å². The van der Waals surface area contributed by atoms with E-state index in [1.165, 1.54) is 0 Å². The first kappa shape index (κ1) is 15.3. The molecule has 0 aliphatic heterocycles. The first-order chi connectivity index (χ1) is 12.1. The zero-order chi connectivity index (χ0) is 17.4. The number of rotatable bonds is 4. The third kappa shape index (κ3) is 2.85. The number of H-pyrrole nitrogens is 1. The van der Waals surface area contributed by atoms with Crippen molar-refractivity contribution in [2.75, 3.05) is 5.32 Å². The van der Waals surface area contributed by atoms with Crippen LogP contribution in [0.5, 0.6) is 0 Å². The van der Waals surface area contributed by atoms with Crippen LogP contribution in [0.4, 0.5) is 11.5 Å². The number of aromatic amines is 1. The average Bonchev–Trinajstić information content (AvgIpc) is 3.25. The Bertz CT molecular complexity index is 1050. The predicted molar refractivity (Wildman–Crippen MR) is 96.5 cm³/mol. The van der Waals surface area contributed by atoms with Crippen molar-refractivity contribution in [2.24, 2.45) is 5.73 Å². The Morgan fingerprint density at radius 1 is 1.24 bits per heavy atom. The maximum atomic E-state index is 11.2. The van der Waals surface area contributed by atoms with E-state index in [1.54, 1.807) is 42.9 Å². The van der Waals surface area contributed by atoms with Crippen LogP contribution in [0.15, 0.2) is 53.7 Å². The first-order valence-electron chi connectivity index (χ1n) is 7.31. The highest BCUT2D eigenvalue weighted by Crippen LogP contribution is 2.27. The van der Waals surface area contributed by atoms with E-state index in [1.807, 2.05) is 10.6 Å². The second-order valence-electron chi connectivity index (χ2n) is 5.30. The largest absolute Gasteiger partial charge is 0.366 e. The second kappa shape index (κ2) is 6.02. The highest BCUT2D eigenvalue weighted by Gasteiger charge is 2.13. The summed E-state index contributed by atoms with van der Waals surface area (Å²) in [5.41, 5.74) is 8.90. The number of carbonyl (C=O) groups is 1. The van der Waals surface area contributed by atoms with Gasteiger partial charge in [0.2, 0.25) is 5.91 Å². The summed E-state index contributed by atoms with van der Waals surface area (Å²) in [4.78, 5) is 20.1. The van der Waals surface area contributed by atoms with Gasteiger partial charge in [-0.15, -0.1) is 0 Å². The number of amides is 1. The lowest BCUT2D eigenvalue weighted by molar-refractivity contribution is 0.100. The minimum Gasteiger partial charge on any atom is -0.366 e. The highest BCUT2D eigenvalue weighted by molar-refractivity contribution is 9.10. The first-order valence-corrected chi connectivity index (χ1v) is 8.11. The number of halogens is 1. The maximum Gasteiger partial charge on any atom is 0.248 e. The van der Waals surface area contributed by atoms with Crippen molar-refractivity contribution in [3.63, 3.8) is 0 Å². The van der Waals surface area contributed by atoms with Crippen molar-refractivity contribution in [2.45, 2.75) is 0 Å². The van der Waals surface area contributed by atoms with Gasteiger partial charge in [-0.1, -0.05) is 0 Å². The van der Waals surface area contributed by atoms with Crippen LogP contribution < -0.4 is 11.1 Å². The fourth-order valence-electron chi connectivity index (χ4n) is 2.50. The van der Waals surface area contributed by atoms with E-state index in [-0.39, 0.29) is 0 Å². The lowest BCUT2D eigenvalue weighted by atomic mass is 10.2. The quantitative estimate of drug-likeness (QED) is 0.489. The molecule has 0 atom stereocenters. The molecule has 0 radical (unpaired) electrons. The lowest BCUT2D eigenvalue weighted by Gasteiger charge is -2.09. The molecule has 1 aromatic carbocycles. The second-order valence-corrected chi connectivity index (χ2v) is 6.12. The number of hydrogen-bond donors (Lipinski definition) is 3. The van der Waals surface area contributed by atoms with E-state index in [0.717, 1.165) is 16.9 Å². The highest BCUT2D eigenvalue weighted by atomic mass is 79.9. The number of carbonyl (C=O) groups excluding carboxylic acids is 1. The number of nitrogens with two attached hydrogens (primary N) is 1. The predicted octanol–water partition coefficient (Wildman–Crippen LogP) is 2.72. The Labute approximate surface area is 150 Å². The Balaban J connectivity index is 1.75. The summed E-state index contributed by atoms with van der Waals surface area (Å²) in [7, 11) is 0. The standard InChI is InChI=1S/C16H12BrN7O/c17-13-8-24-12(10-5-20-21-6-10)7-19-15(16(24)23-13)22-11-3-1-9(2-4-11)14(18)25/h1-8H,(H2,18,25)(H,19,22)(H,20,21). The number of fused-ring (bicyclic) bond motifs is 1. The zero-order valence-corrected chi connectivity index (χ0v) is 14.4. The van der Waals surface area contributed by atoms with Gasteiger partial charge in [0.05, 0.1) is 18.1 Å². The molecule has 0 bridgehead atoms. The molecule has 0 saturated heterocycles. The van der Waals surface area contributed by atoms with Crippen molar-refractivity contribution in [3.05, 3.63) is 59.2 Å². The molecule has 8 nitrogen and oxygen atoms in total. The Morgan fingerprint density at radius 3 is 2.72 bits per heavy atom. The van der Waals surface area contributed by atoms with E-state index in [0.29, 0.717) is 21.6 Å². The van der Waals surface area contributed by atoms with Crippen LogP contribution >= 0.6 is 15.9 Å². The van der Waals surface area contributed by atoms with Gasteiger partial charge in [0.1, 0.15) is 4.60 Å². The van der Waals surface area contributed by atoms with Gasteiger partial charge in [0.25, 0.3) is 0 Å². The van der Waals surface area contributed by atoms with Crippen molar-refractivity contribution < 1.29 is 4.79 Å². The molecule has 9 heteroatoms. The smallest absolute Gasteiger partial charge is 0.248 e. The number of imidazole rings is 1. The number of nitrogens with one attached hydrogen (secondary N) is 2. The molecular formula is C16H12BrN7O. The molecule has 0 fully saturated rings. The van der Waals surface area contributed by atoms with Gasteiger partial charge in [0.15, 0.2) is 11.5 Å². The van der Waals surface area contributed by atoms with E-state index in [9.17, 15) is 4.79 Å². The summed E-state index contributed by atoms with van der Waals surface area (Å²) in [5, 5.41) is 9.97. The number of benzene rings is 1. The van der Waals surface area contributed by atoms with Crippen LogP contribution in [0, 0.1) is 0 Å². The average molecular weight is 398 g/mol. The summed E-state index contributed by atoms with van der Waals surface area (Å²) in [5.74, 6) is 0.124. The van der Waals surface area contributed by atoms with Gasteiger partial charge in [-0.3, -0.25) is 14.3 Å². The van der Waals surface area contributed by atoms with Crippen molar-refractivity contribution in [1.29, 1.82) is 0 Å². The normalized spacial score (nSPS) is 10.9. The summed E-state index contributed by atoms with van der Waals surface area (Å²) in [6, 6.07) is 6.84. The molecule has 4 rings (SSSR count). The maximum absolute atomic E-state index is 11.2. The Kier molecular flexibility index (Phi) is 3.69. The minimum atomic E-state index is -0.464. The number of aromatic nitrogens is 5. The topological polar surface area (TPSA) is 114 Å². The molecule has 0 spiro atoms. The third-order valence-corrected chi connectivity index (χ3v) is 4.07. The molecule has 3 aromatic heterocycles. The molecule has 4 aromatic rings. The van der Waals surface area contributed by atoms with Crippen molar-refractivity contribution >= 4 is 39.0 Å². The van der Waals surface area contributed by atoms with Crippen molar-refractivity contribution in [1.82, 2.24) is 24.6 Å². The Hall–Kier alpha value is -3.20. The number of nitrogens with zero attached hydrogens (tertiary/aromatic N) is 4.